The van der Waals surface area contributed by atoms with Gasteiger partial charge in [0.25, 0.3) is 0 Å². The first-order valence-corrected chi connectivity index (χ1v) is 7.57. The van der Waals surface area contributed by atoms with Crippen LogP contribution in [0.3, 0.4) is 0 Å². The van der Waals surface area contributed by atoms with E-state index in [1.165, 1.54) is 0 Å². The van der Waals surface area contributed by atoms with Crippen molar-refractivity contribution >= 4 is 17.6 Å². The van der Waals surface area contributed by atoms with Gasteiger partial charge in [-0.15, -0.1) is 0 Å². The number of likely N-dealkylation sites (N-methyl/N-ethyl adjacent to an activating group) is 1. The summed E-state index contributed by atoms with van der Waals surface area (Å²) < 4.78 is 6.02. The van der Waals surface area contributed by atoms with E-state index in [1.54, 1.807) is 16.8 Å². The molecule has 2 aliphatic heterocycles. The summed E-state index contributed by atoms with van der Waals surface area (Å²) in [5.74, 6) is 0.616. The Kier molecular flexibility index (Phi) is 3.68. The van der Waals surface area contributed by atoms with E-state index in [1.807, 2.05) is 38.1 Å². The van der Waals surface area contributed by atoms with Gasteiger partial charge in [-0.1, -0.05) is 12.1 Å². The molecule has 3 rings (SSSR count). The fourth-order valence-corrected chi connectivity index (χ4v) is 3.03. The number of carbonyl (C=O) groups is 2. The second-order valence-corrected chi connectivity index (χ2v) is 6.11. The highest BCUT2D eigenvalue weighted by molar-refractivity contribution is 6.00. The van der Waals surface area contributed by atoms with Crippen molar-refractivity contribution in [3.8, 4) is 5.75 Å². The number of fused-ring (bicyclic) bond motifs is 3. The lowest BCUT2D eigenvalue weighted by Crippen LogP contribution is -2.51. The predicted molar refractivity (Wildman–Crippen MR) is 83.0 cm³/mol. The molecule has 0 radical (unpaired) electrons. The molecule has 0 spiro atoms. The third kappa shape index (κ3) is 2.49. The molecule has 2 aliphatic rings. The van der Waals surface area contributed by atoms with Gasteiger partial charge in [-0.3, -0.25) is 4.79 Å². The third-order valence-corrected chi connectivity index (χ3v) is 4.07. The number of para-hydroxylation sites is 2. The maximum Gasteiger partial charge on any atom is 0.318 e. The molecule has 2 heterocycles. The fraction of sp³-hybridized carbons (Fsp3) is 0.500. The van der Waals surface area contributed by atoms with E-state index in [0.717, 1.165) is 5.69 Å². The zero-order valence-electron chi connectivity index (χ0n) is 13.1. The lowest BCUT2D eigenvalue weighted by Gasteiger charge is -2.29. The van der Waals surface area contributed by atoms with Crippen LogP contribution in [0, 0.1) is 0 Å². The summed E-state index contributed by atoms with van der Waals surface area (Å²) in [5, 5.41) is 2.86. The Hall–Kier alpha value is -2.24. The van der Waals surface area contributed by atoms with Crippen LogP contribution in [0.15, 0.2) is 24.3 Å². The van der Waals surface area contributed by atoms with Crippen molar-refractivity contribution in [2.75, 3.05) is 18.5 Å². The van der Waals surface area contributed by atoms with Gasteiger partial charge in [0.15, 0.2) is 0 Å². The van der Waals surface area contributed by atoms with Crippen molar-refractivity contribution in [2.45, 2.75) is 38.5 Å². The van der Waals surface area contributed by atoms with Crippen molar-refractivity contribution in [3.63, 3.8) is 0 Å². The average Bonchev–Trinajstić information content (AvgIpc) is 2.89. The molecule has 1 aromatic carbocycles. The zero-order chi connectivity index (χ0) is 15.9. The Morgan fingerprint density at radius 2 is 2.09 bits per heavy atom. The molecule has 1 fully saturated rings. The number of benzene rings is 1. The highest BCUT2D eigenvalue weighted by Gasteiger charge is 2.44. The maximum absolute atomic E-state index is 12.8. The average molecular weight is 303 g/mol. The first-order chi connectivity index (χ1) is 10.5. The molecule has 3 amide bonds. The third-order valence-electron chi connectivity index (χ3n) is 4.07. The lowest BCUT2D eigenvalue weighted by molar-refractivity contribution is -0.122. The van der Waals surface area contributed by atoms with E-state index in [9.17, 15) is 9.59 Å². The van der Waals surface area contributed by atoms with Gasteiger partial charge in [0.1, 0.15) is 17.9 Å². The summed E-state index contributed by atoms with van der Waals surface area (Å²) in [4.78, 5) is 28.3. The number of carbonyl (C=O) groups excluding carboxylic acids is 2. The number of nitrogens with zero attached hydrogens (tertiary/aromatic N) is 2. The Morgan fingerprint density at radius 3 is 2.82 bits per heavy atom. The molecule has 1 aromatic rings. The number of ether oxygens (including phenoxy) is 1. The summed E-state index contributed by atoms with van der Waals surface area (Å²) in [7, 11) is 1.72. The lowest BCUT2D eigenvalue weighted by atomic mass is 10.1. The molecule has 0 saturated carbocycles. The van der Waals surface area contributed by atoms with Crippen LogP contribution in [0.1, 0.15) is 20.3 Å². The van der Waals surface area contributed by atoms with Crippen molar-refractivity contribution in [1.82, 2.24) is 10.2 Å². The van der Waals surface area contributed by atoms with Crippen LogP contribution in [0.4, 0.5) is 10.5 Å². The largest absolute Gasteiger partial charge is 0.486 e. The number of amides is 3. The molecule has 22 heavy (non-hydrogen) atoms. The van der Waals surface area contributed by atoms with Gasteiger partial charge < -0.3 is 19.9 Å². The molecule has 1 saturated heterocycles. The number of hydrogen-bond acceptors (Lipinski definition) is 3. The number of anilines is 1. The molecular formula is C16H21N3O3. The minimum absolute atomic E-state index is 0.0308. The van der Waals surface area contributed by atoms with E-state index in [2.05, 4.69) is 5.32 Å². The van der Waals surface area contributed by atoms with Crippen molar-refractivity contribution in [3.05, 3.63) is 24.3 Å². The van der Waals surface area contributed by atoms with Gasteiger partial charge >= 0.3 is 6.03 Å². The number of nitrogens with one attached hydrogen (secondary N) is 1. The van der Waals surface area contributed by atoms with E-state index in [4.69, 9.17) is 4.74 Å². The summed E-state index contributed by atoms with van der Waals surface area (Å²) >= 11 is 0. The molecule has 2 atom stereocenters. The first-order valence-electron chi connectivity index (χ1n) is 7.57. The van der Waals surface area contributed by atoms with Gasteiger partial charge in [-0.05, 0) is 26.0 Å². The molecule has 0 aromatic heterocycles. The van der Waals surface area contributed by atoms with Crippen molar-refractivity contribution in [2.24, 2.45) is 0 Å². The van der Waals surface area contributed by atoms with Crippen LogP contribution >= 0.6 is 0 Å². The minimum atomic E-state index is -0.470. The number of hydrogen-bond donors (Lipinski definition) is 1. The van der Waals surface area contributed by atoms with Gasteiger partial charge in [-0.25, -0.2) is 4.79 Å². The maximum atomic E-state index is 12.8. The molecule has 118 valence electrons. The van der Waals surface area contributed by atoms with Gasteiger partial charge in [0, 0.05) is 19.5 Å². The van der Waals surface area contributed by atoms with E-state index in [0.29, 0.717) is 18.7 Å². The monoisotopic (exact) mass is 303 g/mol. The minimum Gasteiger partial charge on any atom is -0.486 e. The molecule has 6 nitrogen and oxygen atoms in total. The number of likely N-dealkylation sites (tertiary alicyclic amines) is 1. The predicted octanol–water partition coefficient (Wildman–Crippen LogP) is 1.60. The Labute approximate surface area is 130 Å². The summed E-state index contributed by atoms with van der Waals surface area (Å²) in [6, 6.07) is 6.82. The van der Waals surface area contributed by atoms with Crippen molar-refractivity contribution < 1.29 is 14.3 Å². The van der Waals surface area contributed by atoms with E-state index in [-0.39, 0.29) is 24.1 Å². The summed E-state index contributed by atoms with van der Waals surface area (Å²) in [5.41, 5.74) is 0.744. The van der Waals surface area contributed by atoms with Gasteiger partial charge in [0.05, 0.1) is 12.2 Å². The normalized spacial score (nSPS) is 23.7. The summed E-state index contributed by atoms with van der Waals surface area (Å²) in [6.45, 7) is 4.23. The molecule has 6 heteroatoms. The first kappa shape index (κ1) is 14.7. The molecule has 1 N–H and O–H groups in total. The Morgan fingerprint density at radius 1 is 1.36 bits per heavy atom. The molecule has 2 unspecified atom stereocenters. The molecular weight excluding hydrogens is 282 g/mol. The number of urea groups is 1. The SMILES string of the molecule is CC(C)NC(=O)N1CC2CC1C(=O)N(C)c1ccccc1O2. The van der Waals surface area contributed by atoms with E-state index < -0.39 is 6.04 Å². The Balaban J connectivity index is 1.91. The van der Waals surface area contributed by atoms with Crippen LogP contribution in [-0.2, 0) is 4.79 Å². The quantitative estimate of drug-likeness (QED) is 0.857. The van der Waals surface area contributed by atoms with Crippen LogP contribution in [0.2, 0.25) is 0 Å². The van der Waals surface area contributed by atoms with Gasteiger partial charge in [0.2, 0.25) is 5.91 Å². The standard InChI is InChI=1S/C16H21N3O3/c1-10(2)17-16(21)19-9-11-8-13(19)15(20)18(3)12-6-4-5-7-14(12)22-11/h4-7,10-11,13H,8-9H2,1-3H3,(H,17,21). The Bertz CT molecular complexity index is 602. The van der Waals surface area contributed by atoms with Crippen LogP contribution in [0.25, 0.3) is 0 Å². The highest BCUT2D eigenvalue weighted by Crippen LogP contribution is 2.35. The topological polar surface area (TPSA) is 61.9 Å². The second kappa shape index (κ2) is 5.51. The van der Waals surface area contributed by atoms with E-state index >= 15 is 0 Å². The summed E-state index contributed by atoms with van der Waals surface area (Å²) in [6.07, 6.45) is 0.380. The van der Waals surface area contributed by atoms with Crippen molar-refractivity contribution in [1.29, 1.82) is 0 Å². The van der Waals surface area contributed by atoms with Gasteiger partial charge in [-0.2, -0.15) is 0 Å². The molecule has 2 bridgehead atoms. The fourth-order valence-electron chi connectivity index (χ4n) is 3.03. The smallest absolute Gasteiger partial charge is 0.318 e. The second-order valence-electron chi connectivity index (χ2n) is 6.11. The number of rotatable bonds is 1. The van der Waals surface area contributed by atoms with Crippen LogP contribution in [0.5, 0.6) is 5.75 Å². The molecule has 0 aliphatic carbocycles. The van der Waals surface area contributed by atoms with Crippen LogP contribution < -0.4 is 15.0 Å². The highest BCUT2D eigenvalue weighted by atomic mass is 16.5. The zero-order valence-corrected chi connectivity index (χ0v) is 13.1. The van der Waals surface area contributed by atoms with Crippen LogP contribution in [-0.4, -0.2) is 48.6 Å².